The highest BCUT2D eigenvalue weighted by Crippen LogP contribution is 2.24. The molecule has 0 spiro atoms. The Labute approximate surface area is 154 Å². The number of nitrogens with zero attached hydrogens (tertiary/aromatic N) is 2. The first-order valence-electron chi connectivity index (χ1n) is 8.15. The molecule has 1 amide bonds. The smallest absolute Gasteiger partial charge is 0.267 e. The lowest BCUT2D eigenvalue weighted by Gasteiger charge is -2.32. The first-order valence-corrected chi connectivity index (χ1v) is 9.59. The zero-order chi connectivity index (χ0) is 19.6. The molecule has 2 heterocycles. The summed E-state index contributed by atoms with van der Waals surface area (Å²) in [7, 11) is -3.99. The maximum Gasteiger partial charge on any atom is 0.267 e. The van der Waals surface area contributed by atoms with E-state index in [2.05, 4.69) is 4.98 Å². The number of sulfonamides is 1. The van der Waals surface area contributed by atoms with Crippen LogP contribution in [-0.2, 0) is 10.0 Å². The molecule has 1 aliphatic heterocycles. The monoisotopic (exact) mass is 397 g/mol. The van der Waals surface area contributed by atoms with E-state index in [1.165, 1.54) is 22.6 Å². The molecule has 7 nitrogen and oxygen atoms in total. The van der Waals surface area contributed by atoms with Gasteiger partial charge < -0.3 is 10.5 Å². The topological polar surface area (TPSA) is 103 Å². The van der Waals surface area contributed by atoms with E-state index in [-0.39, 0.29) is 23.7 Å². The van der Waals surface area contributed by atoms with Gasteiger partial charge in [-0.15, -0.1) is 0 Å². The van der Waals surface area contributed by atoms with Crippen LogP contribution in [0, 0.1) is 11.6 Å². The van der Waals surface area contributed by atoms with Crippen molar-refractivity contribution < 1.29 is 26.7 Å². The molecule has 1 aliphatic rings. The van der Waals surface area contributed by atoms with Gasteiger partial charge in [-0.2, -0.15) is 4.31 Å². The molecule has 1 atom stereocenters. The number of halogens is 2. The molecule has 1 unspecified atom stereocenters. The minimum Gasteiger partial charge on any atom is -0.489 e. The third kappa shape index (κ3) is 4.22. The largest absolute Gasteiger partial charge is 0.489 e. The van der Waals surface area contributed by atoms with E-state index < -0.39 is 33.7 Å². The van der Waals surface area contributed by atoms with Crippen LogP contribution in [0.2, 0.25) is 0 Å². The Morgan fingerprint density at radius 2 is 2.00 bits per heavy atom. The fourth-order valence-electron chi connectivity index (χ4n) is 2.82. The Morgan fingerprint density at radius 3 is 2.70 bits per heavy atom. The fraction of sp³-hybridized carbons (Fsp3) is 0.294. The van der Waals surface area contributed by atoms with Crippen molar-refractivity contribution in [2.24, 2.45) is 5.73 Å². The third-order valence-corrected chi connectivity index (χ3v) is 6.02. The van der Waals surface area contributed by atoms with E-state index in [0.29, 0.717) is 24.7 Å². The van der Waals surface area contributed by atoms with E-state index in [1.54, 1.807) is 0 Å². The number of ether oxygens (including phenoxy) is 1. The van der Waals surface area contributed by atoms with E-state index in [9.17, 15) is 22.0 Å². The molecule has 1 saturated heterocycles. The van der Waals surface area contributed by atoms with Crippen LogP contribution in [-0.4, -0.2) is 42.8 Å². The molecule has 0 saturated carbocycles. The van der Waals surface area contributed by atoms with E-state index >= 15 is 0 Å². The molecule has 3 rings (SSSR count). The van der Waals surface area contributed by atoms with Crippen LogP contribution in [0.1, 0.15) is 23.3 Å². The average molecular weight is 397 g/mol. The summed E-state index contributed by atoms with van der Waals surface area (Å²) in [4.78, 5) is 14.7. The summed E-state index contributed by atoms with van der Waals surface area (Å²) in [5, 5.41) is 0. The number of hydrogen-bond acceptors (Lipinski definition) is 5. The van der Waals surface area contributed by atoms with Gasteiger partial charge in [-0.25, -0.2) is 17.2 Å². The molecule has 2 aromatic rings. The lowest BCUT2D eigenvalue weighted by Crippen LogP contribution is -2.44. The van der Waals surface area contributed by atoms with Gasteiger partial charge in [-0.05, 0) is 37.1 Å². The van der Waals surface area contributed by atoms with Gasteiger partial charge in [0.1, 0.15) is 17.5 Å². The summed E-state index contributed by atoms with van der Waals surface area (Å²) < 4.78 is 58.8. The number of rotatable bonds is 5. The Bertz CT molecular complexity index is 968. The number of benzene rings is 1. The highest BCUT2D eigenvalue weighted by atomic mass is 32.2. The van der Waals surface area contributed by atoms with Gasteiger partial charge in [-0.1, -0.05) is 0 Å². The average Bonchev–Trinajstić information content (AvgIpc) is 2.64. The maximum atomic E-state index is 13.4. The number of pyridine rings is 1. The normalized spacial score (nSPS) is 18.2. The van der Waals surface area contributed by atoms with Crippen molar-refractivity contribution in [3.63, 3.8) is 0 Å². The molecule has 1 aromatic heterocycles. The highest BCUT2D eigenvalue weighted by molar-refractivity contribution is 7.89. The summed E-state index contributed by atoms with van der Waals surface area (Å²) in [5.74, 6) is -2.70. The molecular formula is C17H17F2N3O4S. The number of hydrogen-bond donors (Lipinski definition) is 1. The number of aromatic nitrogens is 1. The van der Waals surface area contributed by atoms with Crippen LogP contribution in [0.25, 0.3) is 0 Å². The third-order valence-electron chi connectivity index (χ3n) is 4.16. The van der Waals surface area contributed by atoms with Gasteiger partial charge in [-0.3, -0.25) is 9.78 Å². The fourth-order valence-corrected chi connectivity index (χ4v) is 4.34. The van der Waals surface area contributed by atoms with Crippen molar-refractivity contribution in [3.8, 4) is 5.75 Å². The van der Waals surface area contributed by atoms with Crippen LogP contribution in [0.5, 0.6) is 5.75 Å². The molecule has 144 valence electrons. The van der Waals surface area contributed by atoms with Crippen LogP contribution in [0.4, 0.5) is 8.78 Å². The van der Waals surface area contributed by atoms with Gasteiger partial charge in [0.15, 0.2) is 11.6 Å². The molecule has 27 heavy (non-hydrogen) atoms. The van der Waals surface area contributed by atoms with Gasteiger partial charge in [0.2, 0.25) is 10.0 Å². The number of primary amides is 1. The lowest BCUT2D eigenvalue weighted by atomic mass is 10.1. The van der Waals surface area contributed by atoms with Gasteiger partial charge >= 0.3 is 0 Å². The van der Waals surface area contributed by atoms with Crippen LogP contribution >= 0.6 is 0 Å². The van der Waals surface area contributed by atoms with E-state index in [4.69, 9.17) is 10.5 Å². The number of amides is 1. The maximum absolute atomic E-state index is 13.4. The second-order valence-corrected chi connectivity index (χ2v) is 8.00. The summed E-state index contributed by atoms with van der Waals surface area (Å²) in [6, 6.07) is 5.39. The number of carbonyl (C=O) groups is 1. The predicted molar refractivity (Wildman–Crippen MR) is 91.5 cm³/mol. The summed E-state index contributed by atoms with van der Waals surface area (Å²) in [5.41, 5.74) is 5.22. The van der Waals surface area contributed by atoms with Gasteiger partial charge in [0.05, 0.1) is 11.4 Å². The standard InChI is InChI=1S/C17H17F2N3O4S/c18-14-4-3-13(9-15(14)19)27(24,25)22-7-1-2-12(10-22)26-11-5-6-21-16(8-11)17(20)23/h3-6,8-9,12H,1-2,7,10H2,(H2,20,23). The van der Waals surface area contributed by atoms with Crippen molar-refractivity contribution >= 4 is 15.9 Å². The first kappa shape index (κ1) is 19.2. The van der Waals surface area contributed by atoms with Crippen molar-refractivity contribution in [2.45, 2.75) is 23.8 Å². The highest BCUT2D eigenvalue weighted by Gasteiger charge is 2.31. The Balaban J connectivity index is 1.76. The van der Waals surface area contributed by atoms with Crippen LogP contribution < -0.4 is 10.5 Å². The summed E-state index contributed by atoms with van der Waals surface area (Å²) in [6.45, 7) is 0.277. The number of piperidine rings is 1. The Kier molecular flexibility index (Phi) is 5.38. The van der Waals surface area contributed by atoms with Crippen molar-refractivity contribution in [2.75, 3.05) is 13.1 Å². The molecular weight excluding hydrogens is 380 g/mol. The SMILES string of the molecule is NC(=O)c1cc(OC2CCCN(S(=O)(=O)c3ccc(F)c(F)c3)C2)ccn1. The summed E-state index contributed by atoms with van der Waals surface area (Å²) >= 11 is 0. The Morgan fingerprint density at radius 1 is 1.22 bits per heavy atom. The predicted octanol–water partition coefficient (Wildman–Crippen LogP) is 1.69. The second-order valence-electron chi connectivity index (χ2n) is 6.06. The van der Waals surface area contributed by atoms with E-state index in [0.717, 1.165) is 12.1 Å². The summed E-state index contributed by atoms with van der Waals surface area (Å²) in [6.07, 6.45) is 2.02. The zero-order valence-corrected chi connectivity index (χ0v) is 15.0. The second kappa shape index (κ2) is 7.57. The zero-order valence-electron chi connectivity index (χ0n) is 14.1. The van der Waals surface area contributed by atoms with Crippen molar-refractivity contribution in [1.82, 2.24) is 9.29 Å². The van der Waals surface area contributed by atoms with Crippen molar-refractivity contribution in [1.29, 1.82) is 0 Å². The van der Waals surface area contributed by atoms with Crippen LogP contribution in [0.15, 0.2) is 41.4 Å². The minimum absolute atomic E-state index is 0.0366. The Hall–Kier alpha value is -2.59. The molecule has 2 N–H and O–H groups in total. The van der Waals surface area contributed by atoms with Gasteiger partial charge in [0, 0.05) is 18.8 Å². The number of carbonyl (C=O) groups excluding carboxylic acids is 1. The molecule has 1 aromatic carbocycles. The van der Waals surface area contributed by atoms with Crippen molar-refractivity contribution in [3.05, 3.63) is 53.9 Å². The molecule has 0 radical (unpaired) electrons. The quantitative estimate of drug-likeness (QED) is 0.827. The molecule has 0 aliphatic carbocycles. The van der Waals surface area contributed by atoms with E-state index in [1.807, 2.05) is 0 Å². The molecule has 1 fully saturated rings. The van der Waals surface area contributed by atoms with Crippen LogP contribution in [0.3, 0.4) is 0 Å². The lowest BCUT2D eigenvalue weighted by molar-refractivity contribution is 0.0993. The minimum atomic E-state index is -3.99. The van der Waals surface area contributed by atoms with Gasteiger partial charge in [0.25, 0.3) is 5.91 Å². The first-order chi connectivity index (χ1) is 12.8. The number of nitrogens with two attached hydrogens (primary N) is 1. The molecule has 0 bridgehead atoms. The molecule has 10 heteroatoms.